The Morgan fingerprint density at radius 2 is 1.89 bits per heavy atom. The van der Waals surface area contributed by atoms with E-state index in [4.69, 9.17) is 4.42 Å². The Morgan fingerprint density at radius 1 is 1.16 bits per heavy atom. The van der Waals surface area contributed by atoms with Crippen LogP contribution < -0.4 is 4.40 Å². The molecule has 0 aliphatic heterocycles. The van der Waals surface area contributed by atoms with Crippen molar-refractivity contribution in [2.24, 2.45) is 0 Å². The van der Waals surface area contributed by atoms with Gasteiger partial charge in [0, 0.05) is 11.6 Å². The lowest BCUT2D eigenvalue weighted by Gasteiger charge is -1.95. The number of rotatable bonds is 2. The van der Waals surface area contributed by atoms with Crippen molar-refractivity contribution in [2.45, 2.75) is 0 Å². The Bertz CT molecular complexity index is 762. The summed E-state index contributed by atoms with van der Waals surface area (Å²) >= 11 is 0. The molecule has 0 spiro atoms. The summed E-state index contributed by atoms with van der Waals surface area (Å²) in [6, 6.07) is 10.2. The van der Waals surface area contributed by atoms with Crippen LogP contribution in [0.2, 0.25) is 0 Å². The lowest BCUT2D eigenvalue weighted by atomic mass is 10.1. The second-order valence-corrected chi connectivity index (χ2v) is 4.00. The van der Waals surface area contributed by atoms with Crippen molar-refractivity contribution in [1.82, 2.24) is 0 Å². The first-order valence-electron chi connectivity index (χ1n) is 5.59. The third kappa shape index (κ3) is 1.85. The number of benzene rings is 1. The molecule has 94 valence electrons. The van der Waals surface area contributed by atoms with E-state index in [9.17, 15) is 14.3 Å². The highest BCUT2D eigenvalue weighted by Gasteiger charge is 2.30. The summed E-state index contributed by atoms with van der Waals surface area (Å²) in [7, 11) is 0. The van der Waals surface area contributed by atoms with Gasteiger partial charge in [-0.1, -0.05) is 0 Å². The quantitative estimate of drug-likeness (QED) is 0.565. The van der Waals surface area contributed by atoms with Gasteiger partial charge in [0.2, 0.25) is 0 Å². The Balaban J connectivity index is 2.16. The summed E-state index contributed by atoms with van der Waals surface area (Å²) in [5, 5.41) is 9.74. The van der Waals surface area contributed by atoms with Gasteiger partial charge in [-0.2, -0.15) is 0 Å². The normalized spacial score (nSPS) is 10.8. The number of oxazole rings is 1. The molecule has 0 aliphatic carbocycles. The van der Waals surface area contributed by atoms with Crippen LogP contribution in [0.1, 0.15) is 16.1 Å². The maximum absolute atomic E-state index is 12.8. The number of pyridine rings is 1. The van der Waals surface area contributed by atoms with Crippen LogP contribution in [0.3, 0.4) is 0 Å². The predicted octanol–water partition coefficient (Wildman–Crippen LogP) is 2.09. The zero-order valence-electron chi connectivity index (χ0n) is 9.71. The number of hydrogen-bond acceptors (Lipinski definition) is 3. The van der Waals surface area contributed by atoms with Gasteiger partial charge < -0.3 is 9.52 Å². The van der Waals surface area contributed by atoms with Gasteiger partial charge >= 0.3 is 17.4 Å². The molecule has 0 saturated heterocycles. The SMILES string of the molecule is O=C(c1ccc(F)cc1)c1c(O)oc2cccc[n+]12. The highest BCUT2D eigenvalue weighted by molar-refractivity contribution is 6.08. The second kappa shape index (κ2) is 4.20. The number of aromatic hydroxyl groups is 1. The van der Waals surface area contributed by atoms with Crippen molar-refractivity contribution >= 4 is 11.5 Å². The van der Waals surface area contributed by atoms with E-state index in [2.05, 4.69) is 0 Å². The highest BCUT2D eigenvalue weighted by atomic mass is 19.1. The van der Waals surface area contributed by atoms with Gasteiger partial charge in [-0.3, -0.25) is 4.79 Å². The fraction of sp³-hybridized carbons (Fsp3) is 0. The van der Waals surface area contributed by atoms with Crippen molar-refractivity contribution in [3.8, 4) is 5.95 Å². The van der Waals surface area contributed by atoms with E-state index < -0.39 is 17.5 Å². The number of aromatic nitrogens is 1. The molecular weight excluding hydrogens is 249 g/mol. The molecule has 0 fully saturated rings. The number of hydrogen-bond donors (Lipinski definition) is 1. The standard InChI is InChI=1S/C14H8FNO3/c15-10-6-4-9(5-7-10)13(17)12-14(18)19-11-3-1-2-8-16(11)12/h1-8H/p+1. The van der Waals surface area contributed by atoms with Gasteiger partial charge in [0.05, 0.1) is 6.07 Å². The molecule has 0 bridgehead atoms. The number of halogens is 1. The molecule has 4 nitrogen and oxygen atoms in total. The van der Waals surface area contributed by atoms with Crippen molar-refractivity contribution in [2.75, 3.05) is 0 Å². The van der Waals surface area contributed by atoms with E-state index >= 15 is 0 Å². The average Bonchev–Trinajstić information content (AvgIpc) is 2.74. The zero-order valence-corrected chi connectivity index (χ0v) is 9.71. The smallest absolute Gasteiger partial charge is 0.382 e. The molecule has 1 N–H and O–H groups in total. The van der Waals surface area contributed by atoms with Crippen LogP contribution in [-0.2, 0) is 0 Å². The van der Waals surface area contributed by atoms with Gasteiger partial charge in [-0.15, -0.1) is 4.40 Å². The van der Waals surface area contributed by atoms with Crippen LogP contribution in [0.15, 0.2) is 53.1 Å². The largest absolute Gasteiger partial charge is 0.476 e. The molecule has 3 rings (SSSR count). The molecule has 0 radical (unpaired) electrons. The average molecular weight is 258 g/mol. The van der Waals surface area contributed by atoms with Crippen molar-refractivity contribution in [3.05, 3.63) is 65.7 Å². The van der Waals surface area contributed by atoms with Crippen molar-refractivity contribution in [1.29, 1.82) is 0 Å². The number of ketones is 1. The highest BCUT2D eigenvalue weighted by Crippen LogP contribution is 2.20. The molecule has 3 aromatic rings. The van der Waals surface area contributed by atoms with E-state index in [0.717, 1.165) is 0 Å². The van der Waals surface area contributed by atoms with Crippen LogP contribution in [0.5, 0.6) is 5.95 Å². The van der Waals surface area contributed by atoms with Crippen LogP contribution in [0.25, 0.3) is 5.71 Å². The summed E-state index contributed by atoms with van der Waals surface area (Å²) in [4.78, 5) is 12.3. The van der Waals surface area contributed by atoms with Gasteiger partial charge in [0.1, 0.15) is 5.82 Å². The summed E-state index contributed by atoms with van der Waals surface area (Å²) < 4.78 is 19.4. The molecule has 0 unspecified atom stereocenters. The Labute approximate surface area is 107 Å². The first-order valence-corrected chi connectivity index (χ1v) is 5.59. The Morgan fingerprint density at radius 3 is 2.63 bits per heavy atom. The molecule has 1 aromatic carbocycles. The molecule has 0 saturated carbocycles. The third-order valence-electron chi connectivity index (χ3n) is 2.79. The topological polar surface area (TPSA) is 54.5 Å². The predicted molar refractivity (Wildman–Crippen MR) is 63.4 cm³/mol. The van der Waals surface area contributed by atoms with E-state index in [-0.39, 0.29) is 11.3 Å². The number of carbonyl (C=O) groups is 1. The molecular formula is C14H9FNO3+. The van der Waals surface area contributed by atoms with Gasteiger partial charge in [0.15, 0.2) is 6.20 Å². The molecule has 0 atom stereocenters. The van der Waals surface area contributed by atoms with E-state index in [1.54, 1.807) is 24.4 Å². The number of carbonyl (C=O) groups excluding carboxylic acids is 1. The second-order valence-electron chi connectivity index (χ2n) is 4.00. The molecule has 0 aliphatic rings. The van der Waals surface area contributed by atoms with Crippen molar-refractivity contribution in [3.63, 3.8) is 0 Å². The first kappa shape index (κ1) is 11.4. The number of nitrogens with zero attached hydrogens (tertiary/aromatic N) is 1. The lowest BCUT2D eigenvalue weighted by Crippen LogP contribution is -2.27. The van der Waals surface area contributed by atoms with Gasteiger partial charge in [0.25, 0.3) is 5.78 Å². The first-order chi connectivity index (χ1) is 9.16. The summed E-state index contributed by atoms with van der Waals surface area (Å²) in [6.07, 6.45) is 1.61. The van der Waals surface area contributed by atoms with E-state index in [1.807, 2.05) is 0 Å². The van der Waals surface area contributed by atoms with Crippen LogP contribution >= 0.6 is 0 Å². The molecule has 2 aromatic heterocycles. The van der Waals surface area contributed by atoms with Gasteiger partial charge in [-0.25, -0.2) is 4.39 Å². The Hall–Kier alpha value is -2.69. The summed E-state index contributed by atoms with van der Waals surface area (Å²) in [5.74, 6) is -1.32. The van der Waals surface area contributed by atoms with Crippen molar-refractivity contribution < 1.29 is 23.1 Å². The zero-order chi connectivity index (χ0) is 13.4. The fourth-order valence-electron chi connectivity index (χ4n) is 1.89. The van der Waals surface area contributed by atoms with Crippen LogP contribution in [0, 0.1) is 5.82 Å². The Kier molecular flexibility index (Phi) is 2.52. The molecule has 2 heterocycles. The van der Waals surface area contributed by atoms with Gasteiger partial charge in [-0.05, 0) is 30.3 Å². The maximum atomic E-state index is 12.8. The molecule has 5 heteroatoms. The lowest BCUT2D eigenvalue weighted by molar-refractivity contribution is -0.516. The number of fused-ring (bicyclic) bond motifs is 1. The summed E-state index contributed by atoms with van der Waals surface area (Å²) in [5.41, 5.74) is 0.642. The van der Waals surface area contributed by atoms with Crippen LogP contribution in [0.4, 0.5) is 4.39 Å². The maximum Gasteiger partial charge on any atom is 0.382 e. The summed E-state index contributed by atoms with van der Waals surface area (Å²) in [6.45, 7) is 0. The minimum absolute atomic E-state index is 0.0159. The van der Waals surface area contributed by atoms with E-state index in [0.29, 0.717) is 5.71 Å². The minimum atomic E-state index is -0.458. The monoisotopic (exact) mass is 258 g/mol. The molecule has 19 heavy (non-hydrogen) atoms. The van der Waals surface area contributed by atoms with E-state index in [1.165, 1.54) is 28.7 Å². The minimum Gasteiger partial charge on any atom is -0.476 e. The fourth-order valence-corrected chi connectivity index (χ4v) is 1.89. The van der Waals surface area contributed by atoms with Crippen LogP contribution in [-0.4, -0.2) is 10.9 Å². The molecule has 0 amide bonds. The third-order valence-corrected chi connectivity index (χ3v) is 2.79.